The van der Waals surface area contributed by atoms with Gasteiger partial charge in [-0.25, -0.2) is 0 Å². The first kappa shape index (κ1) is 14.3. The summed E-state index contributed by atoms with van der Waals surface area (Å²) in [7, 11) is 0. The minimum absolute atomic E-state index is 0.127. The van der Waals surface area contributed by atoms with Crippen LogP contribution in [-0.4, -0.2) is 29.0 Å². The number of amides is 1. The summed E-state index contributed by atoms with van der Waals surface area (Å²) in [5.74, 6) is -0.278. The summed E-state index contributed by atoms with van der Waals surface area (Å²) < 4.78 is 0. The molecule has 1 aromatic carbocycles. The Morgan fingerprint density at radius 1 is 1.41 bits per heavy atom. The molecule has 17 heavy (non-hydrogen) atoms. The third-order valence-electron chi connectivity index (χ3n) is 2.32. The number of alkyl halides is 1. The second kappa shape index (κ2) is 6.84. The fraction of sp³-hybridized carbons (Fsp3) is 0.417. The van der Waals surface area contributed by atoms with Gasteiger partial charge in [-0.3, -0.25) is 4.79 Å². The van der Waals surface area contributed by atoms with E-state index in [9.17, 15) is 9.90 Å². The molecule has 1 rings (SSSR count). The number of aliphatic hydroxyl groups is 1. The number of benzene rings is 1. The molecular weight excluding hydrogens is 261 g/mol. The lowest BCUT2D eigenvalue weighted by molar-refractivity contribution is -0.121. The van der Waals surface area contributed by atoms with Crippen LogP contribution in [0.4, 0.5) is 0 Å². The lowest BCUT2D eigenvalue weighted by atomic mass is 10.1. The van der Waals surface area contributed by atoms with Crippen molar-refractivity contribution in [3.63, 3.8) is 0 Å². The summed E-state index contributed by atoms with van der Waals surface area (Å²) >= 11 is 11.4. The number of nitrogens with one attached hydrogen (secondary N) is 1. The molecule has 1 amide bonds. The number of carbonyl (C=O) groups is 1. The second-order valence-corrected chi connectivity index (χ2v) is 4.93. The van der Waals surface area contributed by atoms with Crippen molar-refractivity contribution in [2.75, 3.05) is 6.61 Å². The van der Waals surface area contributed by atoms with E-state index < -0.39 is 5.38 Å². The summed E-state index contributed by atoms with van der Waals surface area (Å²) in [6.45, 7) is 1.46. The predicted molar refractivity (Wildman–Crippen MR) is 69.5 cm³/mol. The Kier molecular flexibility index (Phi) is 5.75. The van der Waals surface area contributed by atoms with Gasteiger partial charge in [-0.15, -0.1) is 11.6 Å². The zero-order valence-electron chi connectivity index (χ0n) is 9.49. The van der Waals surface area contributed by atoms with Gasteiger partial charge in [0.05, 0.1) is 12.6 Å². The Morgan fingerprint density at radius 3 is 2.47 bits per heavy atom. The largest absolute Gasteiger partial charge is 0.394 e. The zero-order valence-corrected chi connectivity index (χ0v) is 11.0. The van der Waals surface area contributed by atoms with Crippen LogP contribution in [0.15, 0.2) is 24.3 Å². The van der Waals surface area contributed by atoms with Crippen LogP contribution in [0.1, 0.15) is 12.5 Å². The van der Waals surface area contributed by atoms with Crippen molar-refractivity contribution < 1.29 is 9.90 Å². The number of hydrogen-bond acceptors (Lipinski definition) is 2. The molecule has 3 nitrogen and oxygen atoms in total. The zero-order chi connectivity index (χ0) is 12.8. The summed E-state index contributed by atoms with van der Waals surface area (Å²) in [4.78, 5) is 11.4. The molecule has 2 N–H and O–H groups in total. The van der Waals surface area contributed by atoms with Crippen LogP contribution in [0.2, 0.25) is 5.02 Å². The van der Waals surface area contributed by atoms with E-state index in [0.717, 1.165) is 5.56 Å². The lowest BCUT2D eigenvalue weighted by Gasteiger charge is -2.17. The van der Waals surface area contributed by atoms with E-state index in [-0.39, 0.29) is 18.6 Å². The van der Waals surface area contributed by atoms with Crippen LogP contribution >= 0.6 is 23.2 Å². The van der Waals surface area contributed by atoms with Crippen LogP contribution in [0, 0.1) is 0 Å². The molecule has 0 aliphatic carbocycles. The molecule has 0 saturated carbocycles. The summed E-state index contributed by atoms with van der Waals surface area (Å²) in [6, 6.07) is 6.95. The van der Waals surface area contributed by atoms with Gasteiger partial charge < -0.3 is 10.4 Å². The molecule has 0 aromatic heterocycles. The Hall–Kier alpha value is -0.770. The molecule has 0 aliphatic heterocycles. The fourth-order valence-corrected chi connectivity index (χ4v) is 1.57. The van der Waals surface area contributed by atoms with Crippen LogP contribution in [-0.2, 0) is 11.2 Å². The van der Waals surface area contributed by atoms with E-state index in [0.29, 0.717) is 11.4 Å². The van der Waals surface area contributed by atoms with Crippen molar-refractivity contribution in [1.29, 1.82) is 0 Å². The summed E-state index contributed by atoms with van der Waals surface area (Å²) in [5.41, 5.74) is 0.996. The molecule has 0 fully saturated rings. The molecule has 0 radical (unpaired) electrons. The highest BCUT2D eigenvalue weighted by atomic mass is 35.5. The Bertz CT molecular complexity index is 365. The van der Waals surface area contributed by atoms with Crippen molar-refractivity contribution in [3.05, 3.63) is 34.9 Å². The first-order chi connectivity index (χ1) is 8.02. The van der Waals surface area contributed by atoms with Gasteiger partial charge in [0.1, 0.15) is 5.38 Å². The topological polar surface area (TPSA) is 49.3 Å². The number of rotatable bonds is 5. The normalized spacial score (nSPS) is 14.1. The van der Waals surface area contributed by atoms with Crippen molar-refractivity contribution in [2.45, 2.75) is 24.8 Å². The first-order valence-corrected chi connectivity index (χ1v) is 6.14. The Labute approximate surface area is 111 Å². The Morgan fingerprint density at radius 2 is 2.00 bits per heavy atom. The van der Waals surface area contributed by atoms with E-state index in [1.807, 2.05) is 12.1 Å². The van der Waals surface area contributed by atoms with Crippen molar-refractivity contribution in [3.8, 4) is 0 Å². The van der Waals surface area contributed by atoms with E-state index in [2.05, 4.69) is 5.32 Å². The quantitative estimate of drug-likeness (QED) is 0.808. The molecule has 0 saturated heterocycles. The molecule has 0 bridgehead atoms. The molecule has 5 heteroatoms. The highest BCUT2D eigenvalue weighted by Crippen LogP contribution is 2.11. The average molecular weight is 276 g/mol. The van der Waals surface area contributed by atoms with E-state index in [1.165, 1.54) is 0 Å². The summed E-state index contributed by atoms with van der Waals surface area (Å²) in [5, 5.41) is 11.9. The molecule has 1 aromatic rings. The predicted octanol–water partition coefficient (Wildman–Crippen LogP) is 1.99. The van der Waals surface area contributed by atoms with Crippen LogP contribution in [0.25, 0.3) is 0 Å². The monoisotopic (exact) mass is 275 g/mol. The number of aliphatic hydroxyl groups excluding tert-OH is 1. The van der Waals surface area contributed by atoms with Gasteiger partial charge in [0.15, 0.2) is 0 Å². The van der Waals surface area contributed by atoms with E-state index >= 15 is 0 Å². The summed E-state index contributed by atoms with van der Waals surface area (Å²) in [6.07, 6.45) is 0.545. The van der Waals surface area contributed by atoms with Gasteiger partial charge >= 0.3 is 0 Å². The van der Waals surface area contributed by atoms with Gasteiger partial charge in [-0.05, 0) is 31.0 Å². The van der Waals surface area contributed by atoms with Crippen LogP contribution in [0.5, 0.6) is 0 Å². The van der Waals surface area contributed by atoms with Gasteiger partial charge in [0.2, 0.25) is 5.91 Å². The molecule has 0 spiro atoms. The van der Waals surface area contributed by atoms with Gasteiger partial charge in [-0.2, -0.15) is 0 Å². The number of carbonyl (C=O) groups excluding carboxylic acids is 1. The van der Waals surface area contributed by atoms with Crippen LogP contribution < -0.4 is 5.32 Å². The maximum absolute atomic E-state index is 11.4. The van der Waals surface area contributed by atoms with Crippen molar-refractivity contribution in [2.24, 2.45) is 0 Å². The SMILES string of the molecule is CC(Cl)C(=O)N[C@H](CO)Cc1ccc(Cl)cc1. The third kappa shape index (κ3) is 4.94. The van der Waals surface area contributed by atoms with E-state index in [4.69, 9.17) is 23.2 Å². The minimum atomic E-state index is -0.603. The average Bonchev–Trinajstić information content (AvgIpc) is 2.30. The molecule has 1 unspecified atom stereocenters. The minimum Gasteiger partial charge on any atom is -0.394 e. The first-order valence-electron chi connectivity index (χ1n) is 5.32. The molecule has 0 heterocycles. The molecule has 94 valence electrons. The van der Waals surface area contributed by atoms with Crippen molar-refractivity contribution >= 4 is 29.1 Å². The van der Waals surface area contributed by atoms with E-state index in [1.54, 1.807) is 19.1 Å². The van der Waals surface area contributed by atoms with Crippen LogP contribution in [0.3, 0.4) is 0 Å². The third-order valence-corrected chi connectivity index (χ3v) is 2.77. The maximum atomic E-state index is 11.4. The fourth-order valence-electron chi connectivity index (χ4n) is 1.38. The van der Waals surface area contributed by atoms with Gasteiger partial charge in [0.25, 0.3) is 0 Å². The van der Waals surface area contributed by atoms with Gasteiger partial charge in [-0.1, -0.05) is 23.7 Å². The van der Waals surface area contributed by atoms with Crippen molar-refractivity contribution in [1.82, 2.24) is 5.32 Å². The molecule has 2 atom stereocenters. The van der Waals surface area contributed by atoms with Gasteiger partial charge in [0, 0.05) is 5.02 Å². The maximum Gasteiger partial charge on any atom is 0.238 e. The number of halogens is 2. The smallest absolute Gasteiger partial charge is 0.238 e. The second-order valence-electron chi connectivity index (χ2n) is 3.83. The highest BCUT2D eigenvalue weighted by Gasteiger charge is 2.15. The molecular formula is C12H15Cl2NO2. The lowest BCUT2D eigenvalue weighted by Crippen LogP contribution is -2.42. The molecule has 0 aliphatic rings. The highest BCUT2D eigenvalue weighted by molar-refractivity contribution is 6.30. The number of hydrogen-bond donors (Lipinski definition) is 2. The standard InChI is InChI=1S/C12H15Cl2NO2/c1-8(13)12(17)15-11(7-16)6-9-2-4-10(14)5-3-9/h2-5,8,11,16H,6-7H2,1H3,(H,15,17)/t8?,11-/m0/s1. The Balaban J connectivity index is 2.57.